The SMILES string of the molecule is C=C(C)CNc1ncc(C(=O)O)cn1. The molecule has 1 aromatic rings. The van der Waals surface area contributed by atoms with E-state index in [2.05, 4.69) is 21.9 Å². The van der Waals surface area contributed by atoms with Crippen molar-refractivity contribution in [1.82, 2.24) is 9.97 Å². The first-order chi connectivity index (χ1) is 6.59. The highest BCUT2D eigenvalue weighted by Crippen LogP contribution is 2.00. The summed E-state index contributed by atoms with van der Waals surface area (Å²) in [6.07, 6.45) is 2.52. The van der Waals surface area contributed by atoms with Gasteiger partial charge in [0.15, 0.2) is 0 Å². The van der Waals surface area contributed by atoms with Gasteiger partial charge in [-0.05, 0) is 6.92 Å². The van der Waals surface area contributed by atoms with Gasteiger partial charge in [0.25, 0.3) is 0 Å². The van der Waals surface area contributed by atoms with E-state index >= 15 is 0 Å². The monoisotopic (exact) mass is 193 g/mol. The van der Waals surface area contributed by atoms with Gasteiger partial charge in [-0.2, -0.15) is 0 Å². The van der Waals surface area contributed by atoms with Gasteiger partial charge >= 0.3 is 5.97 Å². The molecule has 0 bridgehead atoms. The van der Waals surface area contributed by atoms with Crippen LogP contribution >= 0.6 is 0 Å². The molecule has 0 fully saturated rings. The van der Waals surface area contributed by atoms with Crippen LogP contribution in [-0.4, -0.2) is 27.6 Å². The number of aromatic carboxylic acids is 1. The third kappa shape index (κ3) is 2.85. The molecule has 0 amide bonds. The van der Waals surface area contributed by atoms with Gasteiger partial charge in [-0.25, -0.2) is 14.8 Å². The number of carboxylic acid groups (broad SMARTS) is 1. The Kier molecular flexibility index (Phi) is 3.17. The van der Waals surface area contributed by atoms with E-state index in [1.165, 1.54) is 12.4 Å². The number of rotatable bonds is 4. The lowest BCUT2D eigenvalue weighted by molar-refractivity contribution is 0.0696. The van der Waals surface area contributed by atoms with Crippen molar-refractivity contribution >= 4 is 11.9 Å². The highest BCUT2D eigenvalue weighted by atomic mass is 16.4. The molecule has 0 aliphatic rings. The summed E-state index contributed by atoms with van der Waals surface area (Å²) >= 11 is 0. The number of hydrogen-bond donors (Lipinski definition) is 2. The summed E-state index contributed by atoms with van der Waals surface area (Å²) in [5.41, 5.74) is 1.03. The zero-order valence-electron chi connectivity index (χ0n) is 7.82. The molecule has 0 radical (unpaired) electrons. The normalized spacial score (nSPS) is 9.50. The molecule has 1 aromatic heterocycles. The Morgan fingerprint density at radius 3 is 2.57 bits per heavy atom. The fourth-order valence-corrected chi connectivity index (χ4v) is 0.760. The molecule has 0 atom stereocenters. The molecule has 0 saturated heterocycles. The molecular formula is C9H11N3O2. The number of hydrogen-bond acceptors (Lipinski definition) is 4. The van der Waals surface area contributed by atoms with Gasteiger partial charge in [0.2, 0.25) is 5.95 Å². The Hall–Kier alpha value is -1.91. The second-order valence-electron chi connectivity index (χ2n) is 2.91. The van der Waals surface area contributed by atoms with Crippen molar-refractivity contribution in [2.75, 3.05) is 11.9 Å². The van der Waals surface area contributed by atoms with Gasteiger partial charge in [0.1, 0.15) is 0 Å². The minimum Gasteiger partial charge on any atom is -0.478 e. The average molecular weight is 193 g/mol. The van der Waals surface area contributed by atoms with Crippen molar-refractivity contribution in [3.05, 3.63) is 30.1 Å². The summed E-state index contributed by atoms with van der Waals surface area (Å²) in [6, 6.07) is 0. The predicted molar refractivity (Wildman–Crippen MR) is 52.3 cm³/mol. The zero-order valence-corrected chi connectivity index (χ0v) is 7.82. The largest absolute Gasteiger partial charge is 0.478 e. The Bertz CT molecular complexity index is 346. The Balaban J connectivity index is 2.64. The van der Waals surface area contributed by atoms with Crippen molar-refractivity contribution in [2.24, 2.45) is 0 Å². The summed E-state index contributed by atoms with van der Waals surface area (Å²) in [5.74, 6) is -0.630. The van der Waals surface area contributed by atoms with Crippen molar-refractivity contribution < 1.29 is 9.90 Å². The lowest BCUT2D eigenvalue weighted by Gasteiger charge is -2.03. The van der Waals surface area contributed by atoms with E-state index in [1.807, 2.05) is 6.92 Å². The van der Waals surface area contributed by atoms with Crippen LogP contribution in [0.25, 0.3) is 0 Å². The Morgan fingerprint density at radius 2 is 2.14 bits per heavy atom. The first kappa shape index (κ1) is 10.2. The molecular weight excluding hydrogens is 182 g/mol. The highest BCUT2D eigenvalue weighted by Gasteiger charge is 2.03. The van der Waals surface area contributed by atoms with Gasteiger partial charge in [0.05, 0.1) is 5.56 Å². The molecule has 5 nitrogen and oxygen atoms in total. The van der Waals surface area contributed by atoms with Crippen molar-refractivity contribution in [2.45, 2.75) is 6.92 Å². The van der Waals surface area contributed by atoms with Crippen molar-refractivity contribution in [1.29, 1.82) is 0 Å². The van der Waals surface area contributed by atoms with Gasteiger partial charge in [-0.3, -0.25) is 0 Å². The Morgan fingerprint density at radius 1 is 1.57 bits per heavy atom. The summed E-state index contributed by atoms with van der Waals surface area (Å²) in [5, 5.41) is 11.5. The van der Waals surface area contributed by atoms with Crippen LogP contribution < -0.4 is 5.32 Å². The molecule has 5 heteroatoms. The average Bonchev–Trinajstić information content (AvgIpc) is 2.15. The maximum Gasteiger partial charge on any atom is 0.338 e. The molecule has 74 valence electrons. The van der Waals surface area contributed by atoms with Crippen LogP contribution in [0.15, 0.2) is 24.5 Å². The maximum absolute atomic E-state index is 10.5. The zero-order chi connectivity index (χ0) is 10.6. The van der Waals surface area contributed by atoms with Crippen LogP contribution in [0.1, 0.15) is 17.3 Å². The molecule has 0 aromatic carbocycles. The van der Waals surface area contributed by atoms with Crippen LogP contribution in [-0.2, 0) is 0 Å². The fraction of sp³-hybridized carbons (Fsp3) is 0.222. The summed E-state index contributed by atoms with van der Waals surface area (Å²) < 4.78 is 0. The first-order valence-corrected chi connectivity index (χ1v) is 4.03. The van der Waals surface area contributed by atoms with Gasteiger partial charge < -0.3 is 10.4 Å². The van der Waals surface area contributed by atoms with E-state index in [1.54, 1.807) is 0 Å². The third-order valence-corrected chi connectivity index (χ3v) is 1.45. The molecule has 14 heavy (non-hydrogen) atoms. The topological polar surface area (TPSA) is 75.1 Å². The highest BCUT2D eigenvalue weighted by molar-refractivity contribution is 5.86. The quantitative estimate of drug-likeness (QED) is 0.702. The smallest absolute Gasteiger partial charge is 0.338 e. The molecule has 1 rings (SSSR count). The minimum atomic E-state index is -1.03. The van der Waals surface area contributed by atoms with E-state index in [4.69, 9.17) is 5.11 Å². The Labute approximate surface area is 81.5 Å². The molecule has 0 aliphatic heterocycles. The lowest BCUT2D eigenvalue weighted by atomic mass is 10.3. The second-order valence-corrected chi connectivity index (χ2v) is 2.91. The van der Waals surface area contributed by atoms with Crippen LogP contribution in [0.5, 0.6) is 0 Å². The van der Waals surface area contributed by atoms with E-state index < -0.39 is 5.97 Å². The van der Waals surface area contributed by atoms with Crippen LogP contribution in [0, 0.1) is 0 Å². The van der Waals surface area contributed by atoms with Crippen molar-refractivity contribution in [3.8, 4) is 0 Å². The maximum atomic E-state index is 10.5. The first-order valence-electron chi connectivity index (χ1n) is 4.03. The van der Waals surface area contributed by atoms with E-state index in [0.29, 0.717) is 12.5 Å². The van der Waals surface area contributed by atoms with Gasteiger partial charge in [-0.1, -0.05) is 12.2 Å². The van der Waals surface area contributed by atoms with Crippen LogP contribution in [0.3, 0.4) is 0 Å². The molecule has 0 spiro atoms. The summed E-state index contributed by atoms with van der Waals surface area (Å²) in [4.78, 5) is 18.1. The number of carboxylic acids is 1. The molecule has 0 saturated carbocycles. The number of nitrogens with zero attached hydrogens (tertiary/aromatic N) is 2. The molecule has 1 heterocycles. The standard InChI is InChI=1S/C9H11N3O2/c1-6(2)3-10-9-11-4-7(5-12-9)8(13)14/h4-5H,1,3H2,2H3,(H,13,14)(H,10,11,12). The van der Waals surface area contributed by atoms with E-state index in [-0.39, 0.29) is 5.56 Å². The molecule has 0 aliphatic carbocycles. The second kappa shape index (κ2) is 4.36. The number of anilines is 1. The number of carbonyl (C=O) groups is 1. The molecule has 2 N–H and O–H groups in total. The summed E-state index contributed by atoms with van der Waals surface area (Å²) in [6.45, 7) is 6.15. The lowest BCUT2D eigenvalue weighted by Crippen LogP contribution is -2.07. The third-order valence-electron chi connectivity index (χ3n) is 1.45. The van der Waals surface area contributed by atoms with Gasteiger partial charge in [0, 0.05) is 18.9 Å². The van der Waals surface area contributed by atoms with Crippen LogP contribution in [0.2, 0.25) is 0 Å². The number of nitrogens with one attached hydrogen (secondary N) is 1. The fourth-order valence-electron chi connectivity index (χ4n) is 0.760. The summed E-state index contributed by atoms with van der Waals surface area (Å²) in [7, 11) is 0. The van der Waals surface area contributed by atoms with Gasteiger partial charge in [-0.15, -0.1) is 0 Å². The van der Waals surface area contributed by atoms with E-state index in [9.17, 15) is 4.79 Å². The predicted octanol–water partition coefficient (Wildman–Crippen LogP) is 1.16. The molecule has 0 unspecified atom stereocenters. The number of aromatic nitrogens is 2. The minimum absolute atomic E-state index is 0.0749. The van der Waals surface area contributed by atoms with Crippen LogP contribution in [0.4, 0.5) is 5.95 Å². The van der Waals surface area contributed by atoms with Crippen molar-refractivity contribution in [3.63, 3.8) is 0 Å². The van der Waals surface area contributed by atoms with E-state index in [0.717, 1.165) is 5.57 Å².